The second kappa shape index (κ2) is 22.7. The number of hydrogen-bond donors (Lipinski definition) is 0. The highest BCUT2D eigenvalue weighted by Crippen LogP contribution is 2.03. The molecule has 0 heterocycles. The Morgan fingerprint density at radius 1 is 0.483 bits per heavy atom. The van der Waals surface area contributed by atoms with Gasteiger partial charge in [0.15, 0.2) is 9.76 Å². The average Bonchev–Trinajstić information content (AvgIpc) is 2.70. The molecule has 0 N–H and O–H groups in total. The fourth-order valence-corrected chi connectivity index (χ4v) is 5.23. The normalized spacial score (nSPS) is 12.4. The lowest BCUT2D eigenvalue weighted by Gasteiger charge is -2.27. The van der Waals surface area contributed by atoms with Crippen molar-refractivity contribution in [2.24, 2.45) is 0 Å². The Kier molecular flexibility index (Phi) is 22.8. The van der Waals surface area contributed by atoms with Crippen LogP contribution in [-0.2, 0) is 4.43 Å². The van der Waals surface area contributed by atoms with Crippen molar-refractivity contribution in [2.75, 3.05) is 65.5 Å². The first-order valence-electron chi connectivity index (χ1n) is 13.0. The molecule has 0 unspecified atom stereocenters. The van der Waals surface area contributed by atoms with Gasteiger partial charge in [0.05, 0.1) is 0 Å². The quantitative estimate of drug-likeness (QED) is 0.174. The predicted octanol–water partition coefficient (Wildman–Crippen LogP) is 4.63. The maximum atomic E-state index is 5.93. The van der Waals surface area contributed by atoms with E-state index in [4.69, 9.17) is 4.43 Å². The van der Waals surface area contributed by atoms with E-state index in [0.29, 0.717) is 0 Å². The van der Waals surface area contributed by atoms with E-state index >= 15 is 0 Å². The highest BCUT2D eigenvalue weighted by Gasteiger charge is 2.09. The van der Waals surface area contributed by atoms with E-state index in [9.17, 15) is 0 Å². The van der Waals surface area contributed by atoms with Gasteiger partial charge in [-0.2, -0.15) is 0 Å². The SMILES string of the molecule is CCCCO[SiH2]CCN(CCCN(CCC)CCC)CCCN(CCC)CCC. The largest absolute Gasteiger partial charge is 0.424 e. The molecular formula is C24H55N3OSi. The summed E-state index contributed by atoms with van der Waals surface area (Å²) in [6.45, 7) is 23.8. The van der Waals surface area contributed by atoms with E-state index in [1.807, 2.05) is 0 Å². The first kappa shape index (κ1) is 29.1. The number of nitrogens with zero attached hydrogens (tertiary/aromatic N) is 3. The molecule has 0 aromatic heterocycles. The van der Waals surface area contributed by atoms with Crippen LogP contribution < -0.4 is 0 Å². The summed E-state index contributed by atoms with van der Waals surface area (Å²) in [7, 11) is -0.325. The molecule has 0 amide bonds. The third-order valence-electron chi connectivity index (χ3n) is 5.46. The molecule has 176 valence electrons. The number of hydrogen-bond acceptors (Lipinski definition) is 4. The molecule has 0 aliphatic rings. The standard InChI is InChI=1S/C24H55N3OSi/c1-6-11-23-28-29-24-22-27(20-12-18-25(14-7-2)15-8-3)21-13-19-26(16-9-4)17-10-5/h6-24,29H2,1-5H3. The molecule has 0 saturated heterocycles. The maximum Gasteiger partial charge on any atom is 0.162 e. The molecule has 0 aliphatic heterocycles. The van der Waals surface area contributed by atoms with Gasteiger partial charge in [-0.25, -0.2) is 0 Å². The second-order valence-corrected chi connectivity index (χ2v) is 10.1. The Balaban J connectivity index is 4.31. The molecule has 0 aromatic carbocycles. The maximum absolute atomic E-state index is 5.93. The Morgan fingerprint density at radius 3 is 1.28 bits per heavy atom. The summed E-state index contributed by atoms with van der Waals surface area (Å²) < 4.78 is 5.93. The summed E-state index contributed by atoms with van der Waals surface area (Å²) in [4.78, 5) is 8.05. The van der Waals surface area contributed by atoms with E-state index in [1.165, 1.54) is 116 Å². The number of unbranched alkanes of at least 4 members (excludes halogenated alkanes) is 1. The smallest absolute Gasteiger partial charge is 0.162 e. The van der Waals surface area contributed by atoms with Crippen LogP contribution in [0.1, 0.15) is 86.0 Å². The van der Waals surface area contributed by atoms with Gasteiger partial charge >= 0.3 is 0 Å². The minimum atomic E-state index is -0.325. The van der Waals surface area contributed by atoms with Crippen LogP contribution >= 0.6 is 0 Å². The molecule has 29 heavy (non-hydrogen) atoms. The van der Waals surface area contributed by atoms with Crippen molar-refractivity contribution < 1.29 is 4.43 Å². The van der Waals surface area contributed by atoms with Crippen LogP contribution in [0.3, 0.4) is 0 Å². The Labute approximate surface area is 186 Å². The van der Waals surface area contributed by atoms with Crippen molar-refractivity contribution in [1.29, 1.82) is 0 Å². The Hall–Kier alpha value is 0.0569. The molecular weight excluding hydrogens is 374 g/mol. The zero-order valence-corrected chi connectivity index (χ0v) is 22.3. The first-order chi connectivity index (χ1) is 14.2. The van der Waals surface area contributed by atoms with Gasteiger partial charge in [0.25, 0.3) is 0 Å². The Morgan fingerprint density at radius 2 is 0.897 bits per heavy atom. The molecule has 0 fully saturated rings. The van der Waals surface area contributed by atoms with Crippen LogP contribution in [0.15, 0.2) is 0 Å². The molecule has 0 bridgehead atoms. The fraction of sp³-hybridized carbons (Fsp3) is 1.00. The first-order valence-corrected chi connectivity index (χ1v) is 14.5. The minimum absolute atomic E-state index is 0.325. The van der Waals surface area contributed by atoms with E-state index in [2.05, 4.69) is 49.3 Å². The lowest BCUT2D eigenvalue weighted by atomic mass is 10.2. The minimum Gasteiger partial charge on any atom is -0.424 e. The lowest BCUT2D eigenvalue weighted by Crippen LogP contribution is -2.34. The van der Waals surface area contributed by atoms with E-state index in [-0.39, 0.29) is 9.76 Å². The van der Waals surface area contributed by atoms with E-state index < -0.39 is 0 Å². The zero-order valence-electron chi connectivity index (χ0n) is 20.9. The van der Waals surface area contributed by atoms with Gasteiger partial charge in [0.1, 0.15) is 0 Å². The van der Waals surface area contributed by atoms with Crippen LogP contribution in [0.4, 0.5) is 0 Å². The van der Waals surface area contributed by atoms with Crippen molar-refractivity contribution in [3.05, 3.63) is 0 Å². The fourth-order valence-electron chi connectivity index (χ4n) is 4.05. The summed E-state index contributed by atoms with van der Waals surface area (Å²) in [5.74, 6) is 0. The van der Waals surface area contributed by atoms with Gasteiger partial charge in [-0.3, -0.25) is 0 Å². The van der Waals surface area contributed by atoms with Crippen LogP contribution in [0.2, 0.25) is 6.04 Å². The molecule has 0 saturated carbocycles. The Bertz CT molecular complexity index is 287. The number of rotatable bonds is 23. The van der Waals surface area contributed by atoms with Crippen LogP contribution in [-0.4, -0.2) is 90.0 Å². The van der Waals surface area contributed by atoms with E-state index in [1.54, 1.807) is 0 Å². The van der Waals surface area contributed by atoms with Gasteiger partial charge in [0.2, 0.25) is 0 Å². The summed E-state index contributed by atoms with van der Waals surface area (Å²) in [6.07, 6.45) is 10.2. The summed E-state index contributed by atoms with van der Waals surface area (Å²) in [6, 6.07) is 1.31. The van der Waals surface area contributed by atoms with Crippen LogP contribution in [0.25, 0.3) is 0 Å². The van der Waals surface area contributed by atoms with Crippen molar-refractivity contribution in [2.45, 2.75) is 92.0 Å². The van der Waals surface area contributed by atoms with Crippen LogP contribution in [0.5, 0.6) is 0 Å². The summed E-state index contributed by atoms with van der Waals surface area (Å²) >= 11 is 0. The zero-order chi connectivity index (χ0) is 21.6. The van der Waals surface area contributed by atoms with Crippen LogP contribution in [0, 0.1) is 0 Å². The highest BCUT2D eigenvalue weighted by molar-refractivity contribution is 6.27. The summed E-state index contributed by atoms with van der Waals surface area (Å²) in [5, 5.41) is 0. The van der Waals surface area contributed by atoms with Crippen molar-refractivity contribution in [3.8, 4) is 0 Å². The second-order valence-electron chi connectivity index (χ2n) is 8.55. The topological polar surface area (TPSA) is 19.0 Å². The third kappa shape index (κ3) is 18.5. The highest BCUT2D eigenvalue weighted by atomic mass is 28.2. The predicted molar refractivity (Wildman–Crippen MR) is 134 cm³/mol. The lowest BCUT2D eigenvalue weighted by molar-refractivity contribution is 0.211. The van der Waals surface area contributed by atoms with E-state index in [0.717, 1.165) is 6.61 Å². The monoisotopic (exact) mass is 429 g/mol. The molecule has 0 aliphatic carbocycles. The van der Waals surface area contributed by atoms with Crippen molar-refractivity contribution in [3.63, 3.8) is 0 Å². The molecule has 0 atom stereocenters. The van der Waals surface area contributed by atoms with Gasteiger partial charge in [0, 0.05) is 6.61 Å². The van der Waals surface area contributed by atoms with Gasteiger partial charge in [-0.1, -0.05) is 41.0 Å². The third-order valence-corrected chi connectivity index (χ3v) is 6.64. The molecule has 0 aromatic rings. The average molecular weight is 430 g/mol. The molecule has 0 radical (unpaired) electrons. The van der Waals surface area contributed by atoms with Gasteiger partial charge in [-0.05, 0) is 110 Å². The van der Waals surface area contributed by atoms with Gasteiger partial charge in [-0.15, -0.1) is 0 Å². The van der Waals surface area contributed by atoms with Crippen molar-refractivity contribution >= 4 is 9.76 Å². The van der Waals surface area contributed by atoms with Crippen molar-refractivity contribution in [1.82, 2.24) is 14.7 Å². The molecule has 0 rings (SSSR count). The molecule has 4 nitrogen and oxygen atoms in total. The summed E-state index contributed by atoms with van der Waals surface area (Å²) in [5.41, 5.74) is 0. The van der Waals surface area contributed by atoms with Gasteiger partial charge < -0.3 is 19.1 Å². The molecule has 5 heteroatoms. The molecule has 0 spiro atoms.